The maximum absolute atomic E-state index is 14.1. The molecule has 0 saturated carbocycles. The molecule has 0 heterocycles. The topological polar surface area (TPSA) is 114 Å². The van der Waals surface area contributed by atoms with Gasteiger partial charge in [-0.1, -0.05) is 36.8 Å². The van der Waals surface area contributed by atoms with E-state index in [0.29, 0.717) is 23.7 Å². The zero-order valence-corrected chi connectivity index (χ0v) is 25.7. The van der Waals surface area contributed by atoms with E-state index >= 15 is 0 Å². The minimum absolute atomic E-state index is 0.0797. The molecule has 0 aliphatic rings. The molecule has 3 aromatic carbocycles. The van der Waals surface area contributed by atoms with Gasteiger partial charge in [0.1, 0.15) is 18.3 Å². The molecule has 0 fully saturated rings. The second-order valence-electron chi connectivity index (χ2n) is 9.70. The Labute approximate surface area is 248 Å². The van der Waals surface area contributed by atoms with Crippen molar-refractivity contribution in [3.05, 3.63) is 77.9 Å². The second-order valence-corrected chi connectivity index (χ2v) is 11.6. The van der Waals surface area contributed by atoms with Crippen LogP contribution in [0.3, 0.4) is 0 Å². The summed E-state index contributed by atoms with van der Waals surface area (Å²) in [4.78, 5) is 28.3. The predicted molar refractivity (Wildman–Crippen MR) is 162 cm³/mol. The Morgan fingerprint density at radius 3 is 2.10 bits per heavy atom. The fourth-order valence-electron chi connectivity index (χ4n) is 4.25. The third-order valence-electron chi connectivity index (χ3n) is 6.77. The van der Waals surface area contributed by atoms with Crippen molar-refractivity contribution in [2.75, 3.05) is 38.7 Å². The van der Waals surface area contributed by atoms with E-state index in [1.54, 1.807) is 62.6 Å². The van der Waals surface area contributed by atoms with E-state index in [1.165, 1.54) is 37.3 Å². The highest BCUT2D eigenvalue weighted by molar-refractivity contribution is 7.92. The molecule has 2 amide bonds. The monoisotopic (exact) mass is 597 g/mol. The van der Waals surface area contributed by atoms with Gasteiger partial charge in [0.15, 0.2) is 11.5 Å². The van der Waals surface area contributed by atoms with E-state index < -0.39 is 28.5 Å². The Kier molecular flexibility index (Phi) is 11.2. The highest BCUT2D eigenvalue weighted by Gasteiger charge is 2.33. The first-order chi connectivity index (χ1) is 20.0. The third-order valence-corrected chi connectivity index (χ3v) is 8.54. The maximum Gasteiger partial charge on any atom is 0.264 e. The molecule has 11 heteroatoms. The first kappa shape index (κ1) is 32.3. The normalized spacial score (nSPS) is 11.8. The molecule has 0 radical (unpaired) electrons. The number of nitrogens with zero attached hydrogens (tertiary/aromatic N) is 2. The van der Waals surface area contributed by atoms with Crippen molar-refractivity contribution < 1.29 is 32.2 Å². The van der Waals surface area contributed by atoms with Gasteiger partial charge in [0, 0.05) is 19.2 Å². The van der Waals surface area contributed by atoms with Gasteiger partial charge >= 0.3 is 0 Å². The number of anilines is 1. The van der Waals surface area contributed by atoms with Crippen LogP contribution in [0.15, 0.2) is 71.6 Å². The second kappa shape index (κ2) is 14.6. The Morgan fingerprint density at radius 1 is 0.881 bits per heavy atom. The molecule has 42 heavy (non-hydrogen) atoms. The molecule has 0 saturated heterocycles. The van der Waals surface area contributed by atoms with Gasteiger partial charge in [-0.15, -0.1) is 0 Å². The quantitative estimate of drug-likeness (QED) is 0.297. The number of rotatable bonds is 14. The van der Waals surface area contributed by atoms with Crippen molar-refractivity contribution in [2.24, 2.45) is 0 Å². The van der Waals surface area contributed by atoms with E-state index in [-0.39, 0.29) is 23.1 Å². The lowest BCUT2D eigenvalue weighted by molar-refractivity contribution is -0.139. The van der Waals surface area contributed by atoms with Gasteiger partial charge < -0.3 is 24.4 Å². The molecule has 0 spiro atoms. The lowest BCUT2D eigenvalue weighted by Gasteiger charge is -2.32. The van der Waals surface area contributed by atoms with Gasteiger partial charge in [0.2, 0.25) is 11.8 Å². The van der Waals surface area contributed by atoms with Crippen LogP contribution in [0, 0.1) is 6.92 Å². The standard InChI is InChI=1S/C31H39N3O7S/c1-7-18-32-31(36)23(3)33(20-24-10-14-26(39-4)15-11-24)30(35)21-34(25-12-8-22(2)9-13-25)42(37,38)27-16-17-28(40-5)29(19-27)41-6/h8-17,19,23H,7,18,20-21H2,1-6H3,(H,32,36)/t23-/m1/s1. The molecule has 226 valence electrons. The van der Waals surface area contributed by atoms with Crippen LogP contribution in [0.5, 0.6) is 17.2 Å². The SMILES string of the molecule is CCCNC(=O)[C@@H](C)N(Cc1ccc(OC)cc1)C(=O)CN(c1ccc(C)cc1)S(=O)(=O)c1ccc(OC)c(OC)c1. The van der Waals surface area contributed by atoms with Gasteiger partial charge in [0.05, 0.1) is 31.9 Å². The third kappa shape index (κ3) is 7.73. The number of hydrogen-bond acceptors (Lipinski definition) is 7. The van der Waals surface area contributed by atoms with Crippen molar-refractivity contribution in [1.82, 2.24) is 10.2 Å². The van der Waals surface area contributed by atoms with Crippen LogP contribution in [0.2, 0.25) is 0 Å². The summed E-state index contributed by atoms with van der Waals surface area (Å²) >= 11 is 0. The number of methoxy groups -OCH3 is 3. The van der Waals surface area contributed by atoms with Gasteiger partial charge in [-0.25, -0.2) is 8.42 Å². The number of nitrogens with one attached hydrogen (secondary N) is 1. The summed E-state index contributed by atoms with van der Waals surface area (Å²) in [5.41, 5.74) is 1.98. The summed E-state index contributed by atoms with van der Waals surface area (Å²) in [6, 6.07) is 17.3. The number of ether oxygens (including phenoxy) is 3. The molecule has 3 rings (SSSR count). The summed E-state index contributed by atoms with van der Waals surface area (Å²) < 4.78 is 45.0. The molecule has 0 aliphatic heterocycles. The fourth-order valence-corrected chi connectivity index (χ4v) is 5.68. The summed E-state index contributed by atoms with van der Waals surface area (Å²) in [7, 11) is 0.168. The zero-order chi connectivity index (χ0) is 30.9. The Bertz CT molecular complexity index is 1460. The lowest BCUT2D eigenvalue weighted by Crippen LogP contribution is -2.51. The smallest absolute Gasteiger partial charge is 0.264 e. The summed E-state index contributed by atoms with van der Waals surface area (Å²) in [5, 5.41) is 2.83. The van der Waals surface area contributed by atoms with Crippen molar-refractivity contribution in [1.29, 1.82) is 0 Å². The number of aryl methyl sites for hydroxylation is 1. The largest absolute Gasteiger partial charge is 0.497 e. The number of carbonyl (C=O) groups is 2. The highest BCUT2D eigenvalue weighted by atomic mass is 32.2. The Morgan fingerprint density at radius 2 is 1.52 bits per heavy atom. The molecule has 0 aliphatic carbocycles. The van der Waals surface area contributed by atoms with Crippen molar-refractivity contribution in [3.8, 4) is 17.2 Å². The first-order valence-electron chi connectivity index (χ1n) is 13.6. The molecule has 10 nitrogen and oxygen atoms in total. The van der Waals surface area contributed by atoms with E-state index in [9.17, 15) is 18.0 Å². The number of carbonyl (C=O) groups excluding carboxylic acids is 2. The Hall–Kier alpha value is -4.25. The van der Waals surface area contributed by atoms with Gasteiger partial charge in [0.25, 0.3) is 10.0 Å². The number of sulfonamides is 1. The lowest BCUT2D eigenvalue weighted by atomic mass is 10.1. The molecular formula is C31H39N3O7S. The molecule has 0 bridgehead atoms. The van der Waals surface area contributed by atoms with Crippen LogP contribution < -0.4 is 23.8 Å². The number of amides is 2. The zero-order valence-electron chi connectivity index (χ0n) is 24.9. The van der Waals surface area contributed by atoms with Crippen LogP contribution in [0.4, 0.5) is 5.69 Å². The molecule has 1 N–H and O–H groups in total. The minimum atomic E-state index is -4.26. The fraction of sp³-hybridized carbons (Fsp3) is 0.355. The maximum atomic E-state index is 14.1. The van der Waals surface area contributed by atoms with Crippen LogP contribution in [-0.4, -0.2) is 65.6 Å². The number of hydrogen-bond donors (Lipinski definition) is 1. The van der Waals surface area contributed by atoms with E-state index in [2.05, 4.69) is 5.32 Å². The van der Waals surface area contributed by atoms with Crippen molar-refractivity contribution >= 4 is 27.5 Å². The molecule has 0 unspecified atom stereocenters. The average Bonchev–Trinajstić information content (AvgIpc) is 3.01. The predicted octanol–water partition coefficient (Wildman–Crippen LogP) is 4.16. The van der Waals surface area contributed by atoms with E-state index in [0.717, 1.165) is 21.9 Å². The minimum Gasteiger partial charge on any atom is -0.497 e. The van der Waals surface area contributed by atoms with Crippen molar-refractivity contribution in [3.63, 3.8) is 0 Å². The molecule has 1 atom stereocenters. The van der Waals surface area contributed by atoms with Crippen LogP contribution in [-0.2, 0) is 26.2 Å². The molecule has 0 aromatic heterocycles. The van der Waals surface area contributed by atoms with Gasteiger partial charge in [-0.2, -0.15) is 0 Å². The van der Waals surface area contributed by atoms with E-state index in [4.69, 9.17) is 14.2 Å². The molecular weight excluding hydrogens is 558 g/mol. The van der Waals surface area contributed by atoms with Crippen LogP contribution in [0.25, 0.3) is 0 Å². The van der Waals surface area contributed by atoms with Crippen LogP contribution in [0.1, 0.15) is 31.4 Å². The average molecular weight is 598 g/mol. The first-order valence-corrected chi connectivity index (χ1v) is 15.0. The summed E-state index contributed by atoms with van der Waals surface area (Å²) in [6.45, 7) is 5.45. The van der Waals surface area contributed by atoms with E-state index in [1.807, 2.05) is 13.8 Å². The number of benzene rings is 3. The highest BCUT2D eigenvalue weighted by Crippen LogP contribution is 2.32. The summed E-state index contributed by atoms with van der Waals surface area (Å²) in [6.07, 6.45) is 0.732. The van der Waals surface area contributed by atoms with Crippen LogP contribution >= 0.6 is 0 Å². The van der Waals surface area contributed by atoms with Gasteiger partial charge in [-0.3, -0.25) is 13.9 Å². The van der Waals surface area contributed by atoms with Crippen molar-refractivity contribution in [2.45, 2.75) is 44.7 Å². The summed E-state index contributed by atoms with van der Waals surface area (Å²) in [5.74, 6) is 0.373. The van der Waals surface area contributed by atoms with Gasteiger partial charge in [-0.05, 0) is 62.2 Å². The Balaban J connectivity index is 2.05. The molecule has 3 aromatic rings.